The molecule has 2 N–H and O–H groups in total. The molecule has 5 rings (SSSR count). The lowest BCUT2D eigenvalue weighted by molar-refractivity contribution is 0.00366. The number of hydrogen-bond donors (Lipinski definition) is 2. The zero-order valence-corrected chi connectivity index (χ0v) is 18.9. The van der Waals surface area contributed by atoms with Gasteiger partial charge in [0.25, 0.3) is 0 Å². The zero-order valence-electron chi connectivity index (χ0n) is 18.9. The number of ether oxygens (including phenoxy) is 1. The van der Waals surface area contributed by atoms with Crippen LogP contribution in [0, 0.1) is 0 Å². The summed E-state index contributed by atoms with van der Waals surface area (Å²) in [6.45, 7) is 6.50. The summed E-state index contributed by atoms with van der Waals surface area (Å²) in [5, 5.41) is 14.4. The first-order chi connectivity index (χ1) is 15.5. The number of piperidine rings is 1. The summed E-state index contributed by atoms with van der Waals surface area (Å²) >= 11 is 0. The molecular formula is C28H32N2O2. The number of aliphatic hydroxyl groups excluding tert-OH is 1. The van der Waals surface area contributed by atoms with Gasteiger partial charge in [-0.2, -0.15) is 0 Å². The molecule has 1 aromatic heterocycles. The number of nitrogens with one attached hydrogen (secondary N) is 1. The largest absolute Gasteiger partial charge is 0.490 e. The van der Waals surface area contributed by atoms with E-state index in [0.717, 1.165) is 36.0 Å². The van der Waals surface area contributed by atoms with Gasteiger partial charge in [-0.3, -0.25) is 4.90 Å². The van der Waals surface area contributed by atoms with Crippen molar-refractivity contribution in [3.05, 3.63) is 78.5 Å². The van der Waals surface area contributed by atoms with E-state index in [0.29, 0.717) is 19.1 Å². The van der Waals surface area contributed by atoms with Crippen molar-refractivity contribution >= 4 is 21.7 Å². The molecule has 0 radical (unpaired) electrons. The number of hydrogen-bond acceptors (Lipinski definition) is 3. The third kappa shape index (κ3) is 4.25. The van der Waals surface area contributed by atoms with E-state index in [1.165, 1.54) is 16.3 Å². The van der Waals surface area contributed by atoms with Crippen LogP contribution in [0.4, 0.5) is 0 Å². The minimum Gasteiger partial charge on any atom is -0.490 e. The average molecular weight is 429 g/mol. The van der Waals surface area contributed by atoms with Gasteiger partial charge in [-0.15, -0.1) is 0 Å². The van der Waals surface area contributed by atoms with Gasteiger partial charge in [0.1, 0.15) is 18.5 Å². The molecule has 166 valence electrons. The van der Waals surface area contributed by atoms with Gasteiger partial charge in [-0.25, -0.2) is 0 Å². The van der Waals surface area contributed by atoms with E-state index in [2.05, 4.69) is 66.2 Å². The van der Waals surface area contributed by atoms with E-state index in [-0.39, 0.29) is 5.54 Å². The van der Waals surface area contributed by atoms with Crippen LogP contribution in [0.3, 0.4) is 0 Å². The molecule has 0 aliphatic carbocycles. The van der Waals surface area contributed by atoms with Crippen molar-refractivity contribution in [2.45, 2.75) is 44.2 Å². The van der Waals surface area contributed by atoms with Gasteiger partial charge in [-0.05, 0) is 73.7 Å². The van der Waals surface area contributed by atoms with Crippen LogP contribution < -0.4 is 4.74 Å². The maximum absolute atomic E-state index is 10.7. The van der Waals surface area contributed by atoms with Crippen LogP contribution in [0.15, 0.2) is 72.9 Å². The summed E-state index contributed by atoms with van der Waals surface area (Å²) in [5.41, 5.74) is 2.50. The monoisotopic (exact) mass is 428 g/mol. The number of fused-ring (bicyclic) bond motifs is 2. The van der Waals surface area contributed by atoms with E-state index >= 15 is 0 Å². The summed E-state index contributed by atoms with van der Waals surface area (Å²) < 4.78 is 5.98. The fourth-order valence-corrected chi connectivity index (χ4v) is 5.21. The molecule has 2 atom stereocenters. The second-order valence-electron chi connectivity index (χ2n) is 9.71. The van der Waals surface area contributed by atoms with E-state index in [1.807, 2.05) is 30.5 Å². The number of β-amino-alcohol motifs (C(OH)–C–C–N with tert-alkyl or cyclic N) is 1. The Morgan fingerprint density at radius 2 is 1.91 bits per heavy atom. The smallest absolute Gasteiger partial charge is 0.128 e. The molecule has 4 heteroatoms. The van der Waals surface area contributed by atoms with Gasteiger partial charge in [-0.1, -0.05) is 48.5 Å². The maximum Gasteiger partial charge on any atom is 0.128 e. The maximum atomic E-state index is 10.7. The van der Waals surface area contributed by atoms with Gasteiger partial charge in [0, 0.05) is 29.2 Å². The molecule has 0 unspecified atom stereocenters. The van der Waals surface area contributed by atoms with Gasteiger partial charge in [0.2, 0.25) is 0 Å². The Morgan fingerprint density at radius 3 is 2.75 bits per heavy atom. The molecule has 1 fully saturated rings. The first kappa shape index (κ1) is 21.0. The van der Waals surface area contributed by atoms with Crippen LogP contribution in [-0.4, -0.2) is 46.3 Å². The highest BCUT2D eigenvalue weighted by Gasteiger charge is 2.36. The van der Waals surface area contributed by atoms with Gasteiger partial charge < -0.3 is 14.8 Å². The van der Waals surface area contributed by atoms with Crippen LogP contribution in [0.1, 0.15) is 38.2 Å². The molecule has 1 aliphatic rings. The molecule has 4 nitrogen and oxygen atoms in total. The Bertz CT molecular complexity index is 1210. The second kappa shape index (κ2) is 8.61. The van der Waals surface area contributed by atoms with E-state index in [4.69, 9.17) is 4.74 Å². The van der Waals surface area contributed by atoms with Crippen LogP contribution in [0.25, 0.3) is 21.7 Å². The molecule has 2 heterocycles. The molecule has 0 saturated carbocycles. The summed E-state index contributed by atoms with van der Waals surface area (Å²) in [6, 6.07) is 23.4. The lowest BCUT2D eigenvalue weighted by Crippen LogP contribution is -2.52. The summed E-state index contributed by atoms with van der Waals surface area (Å²) in [6.07, 6.45) is 3.58. The number of likely N-dealkylation sites (tertiary alicyclic amines) is 1. The zero-order chi connectivity index (χ0) is 22.1. The predicted octanol–water partition coefficient (Wildman–Crippen LogP) is 5.72. The van der Waals surface area contributed by atoms with Crippen molar-refractivity contribution in [1.29, 1.82) is 0 Å². The number of aromatic nitrogens is 1. The summed E-state index contributed by atoms with van der Waals surface area (Å²) in [4.78, 5) is 5.63. The van der Waals surface area contributed by atoms with Crippen molar-refractivity contribution < 1.29 is 9.84 Å². The van der Waals surface area contributed by atoms with Gasteiger partial charge in [0.05, 0.1) is 0 Å². The third-order valence-corrected chi connectivity index (χ3v) is 7.01. The normalized spacial score (nSPS) is 19.9. The van der Waals surface area contributed by atoms with Crippen molar-refractivity contribution in [2.75, 3.05) is 19.7 Å². The first-order valence-corrected chi connectivity index (χ1v) is 11.6. The SMILES string of the molecule is CC1(C)C[C@@H](c2ccc3ccccc3c2)CCN1C[C@H](O)COc1cccc2[nH]ccc12. The van der Waals surface area contributed by atoms with Crippen LogP contribution in [0.5, 0.6) is 5.75 Å². The number of aliphatic hydroxyl groups is 1. The highest BCUT2D eigenvalue weighted by molar-refractivity contribution is 5.85. The van der Waals surface area contributed by atoms with Crippen LogP contribution in [-0.2, 0) is 0 Å². The molecule has 1 saturated heterocycles. The van der Waals surface area contributed by atoms with Gasteiger partial charge >= 0.3 is 0 Å². The van der Waals surface area contributed by atoms with E-state index < -0.39 is 6.10 Å². The minimum absolute atomic E-state index is 0.0240. The van der Waals surface area contributed by atoms with Gasteiger partial charge in [0.15, 0.2) is 0 Å². The van der Waals surface area contributed by atoms with Crippen molar-refractivity contribution in [1.82, 2.24) is 9.88 Å². The van der Waals surface area contributed by atoms with Crippen molar-refractivity contribution in [3.8, 4) is 5.75 Å². The molecular weight excluding hydrogens is 396 g/mol. The molecule has 32 heavy (non-hydrogen) atoms. The second-order valence-corrected chi connectivity index (χ2v) is 9.71. The molecule has 0 spiro atoms. The van der Waals surface area contributed by atoms with Crippen molar-refractivity contribution in [3.63, 3.8) is 0 Å². The molecule has 3 aromatic carbocycles. The number of aromatic amines is 1. The number of rotatable bonds is 6. The number of nitrogens with zero attached hydrogens (tertiary/aromatic N) is 1. The molecule has 0 amide bonds. The van der Waals surface area contributed by atoms with Crippen LogP contribution >= 0.6 is 0 Å². The van der Waals surface area contributed by atoms with E-state index in [1.54, 1.807) is 0 Å². The molecule has 1 aliphatic heterocycles. The highest BCUT2D eigenvalue weighted by atomic mass is 16.5. The third-order valence-electron chi connectivity index (χ3n) is 7.01. The van der Waals surface area contributed by atoms with Crippen LogP contribution in [0.2, 0.25) is 0 Å². The Balaban J connectivity index is 1.21. The number of H-pyrrole nitrogens is 1. The molecule has 0 bridgehead atoms. The Hall–Kier alpha value is -2.82. The quantitative estimate of drug-likeness (QED) is 0.413. The standard InChI is InChI=1S/C28H32N2O2/c1-28(2)17-23(22-11-10-20-6-3-4-7-21(20)16-22)13-15-30(28)18-24(31)19-32-27-9-5-8-26-25(27)12-14-29-26/h3-12,14,16,23-24,29,31H,13,15,17-19H2,1-2H3/t23-,24-/m0/s1. The minimum atomic E-state index is -0.527. The Kier molecular flexibility index (Phi) is 5.66. The first-order valence-electron chi connectivity index (χ1n) is 11.6. The lowest BCUT2D eigenvalue weighted by Gasteiger charge is -2.46. The van der Waals surface area contributed by atoms with E-state index in [9.17, 15) is 5.11 Å². The average Bonchev–Trinajstić information content (AvgIpc) is 3.28. The lowest BCUT2D eigenvalue weighted by atomic mass is 9.78. The predicted molar refractivity (Wildman–Crippen MR) is 131 cm³/mol. The summed E-state index contributed by atoms with van der Waals surface area (Å²) in [7, 11) is 0. The summed E-state index contributed by atoms with van der Waals surface area (Å²) in [5.74, 6) is 1.36. The van der Waals surface area contributed by atoms with Crippen molar-refractivity contribution in [2.24, 2.45) is 0 Å². The Morgan fingerprint density at radius 1 is 1.06 bits per heavy atom. The highest BCUT2D eigenvalue weighted by Crippen LogP contribution is 2.38. The fourth-order valence-electron chi connectivity index (χ4n) is 5.21. The fraction of sp³-hybridized carbons (Fsp3) is 0.357. The number of benzene rings is 3. The topological polar surface area (TPSA) is 48.5 Å². The Labute approximate surface area is 189 Å². The molecule has 4 aromatic rings.